The summed E-state index contributed by atoms with van der Waals surface area (Å²) in [5, 5.41) is 16.3. The van der Waals surface area contributed by atoms with Gasteiger partial charge in [0.1, 0.15) is 6.07 Å². The highest BCUT2D eigenvalue weighted by Crippen LogP contribution is 2.44. The smallest absolute Gasteiger partial charge is 0.101 e. The van der Waals surface area contributed by atoms with Crippen molar-refractivity contribution in [2.75, 3.05) is 0 Å². The number of nitrogens with zero attached hydrogens (tertiary/aromatic N) is 4. The summed E-state index contributed by atoms with van der Waals surface area (Å²) >= 11 is 0. The Labute approximate surface area is 434 Å². The molecule has 9 aromatic carbocycles. The van der Waals surface area contributed by atoms with Gasteiger partial charge in [-0.05, 0) is 168 Å². The number of rotatable bonds is 7. The zero-order valence-electron chi connectivity index (χ0n) is 44.0. The van der Waals surface area contributed by atoms with Crippen LogP contribution in [0.15, 0.2) is 170 Å². The van der Waals surface area contributed by atoms with Crippen molar-refractivity contribution in [3.8, 4) is 73.1 Å². The molecule has 4 heteroatoms. The molecule has 0 bridgehead atoms. The van der Waals surface area contributed by atoms with Crippen molar-refractivity contribution in [2.45, 2.75) is 69.2 Å². The van der Waals surface area contributed by atoms with Crippen LogP contribution in [0.3, 0.4) is 0 Å². The van der Waals surface area contributed by atoms with Crippen LogP contribution in [0.25, 0.3) is 111 Å². The van der Waals surface area contributed by atoms with Gasteiger partial charge >= 0.3 is 0 Å². The van der Waals surface area contributed by atoms with Crippen LogP contribution in [0.2, 0.25) is 0 Å². The zero-order chi connectivity index (χ0) is 51.3. The van der Waals surface area contributed by atoms with E-state index in [0.717, 1.165) is 99.8 Å². The molecular formula is C70H58N4. The maximum absolute atomic E-state index is 11.8. The lowest BCUT2D eigenvalue weighted by Gasteiger charge is -2.20. The third-order valence-electron chi connectivity index (χ3n) is 14.9. The van der Waals surface area contributed by atoms with Crippen molar-refractivity contribution in [3.63, 3.8) is 0 Å². The normalized spacial score (nSPS) is 11.6. The summed E-state index contributed by atoms with van der Waals surface area (Å²) in [4.78, 5) is 4.90. The number of fused-ring (bicyclic) bond motifs is 6. The summed E-state index contributed by atoms with van der Waals surface area (Å²) in [6.45, 7) is 21.5. The predicted octanol–water partition coefficient (Wildman–Crippen LogP) is 18.6. The monoisotopic (exact) mass is 954 g/mol. The van der Waals surface area contributed by atoms with E-state index < -0.39 is 0 Å². The summed E-state index contributed by atoms with van der Waals surface area (Å²) in [6.07, 6.45) is 0. The molecule has 0 radical (unpaired) electrons. The molecule has 0 spiro atoms. The fourth-order valence-electron chi connectivity index (χ4n) is 12.1. The molecule has 0 atom stereocenters. The molecule has 3 heterocycles. The predicted molar refractivity (Wildman–Crippen MR) is 312 cm³/mol. The highest BCUT2D eigenvalue weighted by Gasteiger charge is 2.24. The molecule has 0 unspecified atom stereocenters. The molecular weight excluding hydrogens is 897 g/mol. The minimum atomic E-state index is 0.574. The van der Waals surface area contributed by atoms with E-state index in [9.17, 15) is 5.26 Å². The highest BCUT2D eigenvalue weighted by molar-refractivity contribution is 6.13. The van der Waals surface area contributed by atoms with E-state index in [4.69, 9.17) is 4.98 Å². The Balaban J connectivity index is 1.21. The molecule has 12 aromatic rings. The Morgan fingerprint density at radius 3 is 0.892 bits per heavy atom. The topological polar surface area (TPSA) is 46.5 Å². The van der Waals surface area contributed by atoms with Gasteiger partial charge in [0, 0.05) is 38.5 Å². The van der Waals surface area contributed by atoms with Gasteiger partial charge in [-0.3, -0.25) is 4.98 Å². The second-order valence-corrected chi connectivity index (χ2v) is 21.2. The van der Waals surface area contributed by atoms with Gasteiger partial charge in [0.05, 0.1) is 39.0 Å². The van der Waals surface area contributed by atoms with E-state index in [1.807, 2.05) is 0 Å². The van der Waals surface area contributed by atoms with Gasteiger partial charge < -0.3 is 9.13 Å². The van der Waals surface area contributed by atoms with E-state index in [2.05, 4.69) is 254 Å². The summed E-state index contributed by atoms with van der Waals surface area (Å²) in [5.41, 5.74) is 29.5. The average molecular weight is 955 g/mol. The van der Waals surface area contributed by atoms with Crippen LogP contribution in [0.1, 0.15) is 61.5 Å². The molecule has 0 amide bonds. The van der Waals surface area contributed by atoms with Gasteiger partial charge in [-0.2, -0.15) is 5.26 Å². The van der Waals surface area contributed by atoms with Crippen LogP contribution >= 0.6 is 0 Å². The summed E-state index contributed by atoms with van der Waals surface area (Å²) in [6, 6.07) is 66.2. The standard InChI is InChI=1S/C70H58N4/c1-40-19-41(2)24-54(23-40)50-11-15-60-61-16-12-51(55-25-42(3)20-43(4)26-55)34-67(61)73(66(60)33-50)65-38-64(58-31-48(9)72-49(10)32-58)70(37-59(65)39-71)74-68-35-52(56-27-44(5)21-45(6)28-56)13-17-62(68)63-18-14-53(36-69(63)74)57-29-46(7)22-47(8)30-57/h11-38H,1-10H3. The molecule has 4 nitrogen and oxygen atoms in total. The SMILES string of the molecule is Cc1cc(C)cc(-c2ccc3c4ccc(-c5cc(C)cc(C)c5)cc4n(-c4cc(-c5cc(C)nc(C)c5)c(-n5c6cc(-c7cc(C)cc(C)c7)ccc6c6ccc(-c7cc(C)cc(C)c7)cc65)cc4C#N)c3c2)c1. The molecule has 74 heavy (non-hydrogen) atoms. The lowest BCUT2D eigenvalue weighted by molar-refractivity contribution is 1.11. The minimum Gasteiger partial charge on any atom is -0.309 e. The Hall–Kier alpha value is -8.78. The fraction of sp³-hybridized carbons (Fsp3) is 0.143. The molecule has 0 aliphatic rings. The number of benzene rings is 9. The molecule has 0 aliphatic heterocycles. The Kier molecular flexibility index (Phi) is 11.1. The number of pyridine rings is 1. The highest BCUT2D eigenvalue weighted by atomic mass is 15.0. The first-order valence-electron chi connectivity index (χ1n) is 25.7. The Bertz CT molecular complexity index is 4060. The maximum atomic E-state index is 11.8. The molecule has 12 rings (SSSR count). The van der Waals surface area contributed by atoms with Gasteiger partial charge in [0.2, 0.25) is 0 Å². The second kappa shape index (κ2) is 17.8. The average Bonchev–Trinajstić information content (AvgIpc) is 3.85. The number of hydrogen-bond donors (Lipinski definition) is 0. The number of hydrogen-bond acceptors (Lipinski definition) is 2. The van der Waals surface area contributed by atoms with Gasteiger partial charge in [-0.1, -0.05) is 166 Å². The lowest BCUT2D eigenvalue weighted by atomic mass is 9.97. The minimum absolute atomic E-state index is 0.574. The first-order chi connectivity index (χ1) is 35.6. The van der Waals surface area contributed by atoms with Gasteiger partial charge in [-0.15, -0.1) is 0 Å². The van der Waals surface area contributed by atoms with Crippen LogP contribution in [0.5, 0.6) is 0 Å². The van der Waals surface area contributed by atoms with Crippen molar-refractivity contribution >= 4 is 43.6 Å². The van der Waals surface area contributed by atoms with Gasteiger partial charge in [0.25, 0.3) is 0 Å². The van der Waals surface area contributed by atoms with Crippen molar-refractivity contribution in [2.24, 2.45) is 0 Å². The van der Waals surface area contributed by atoms with Crippen LogP contribution < -0.4 is 0 Å². The molecule has 3 aromatic heterocycles. The van der Waals surface area contributed by atoms with Crippen molar-refractivity contribution in [3.05, 3.63) is 231 Å². The lowest BCUT2D eigenvalue weighted by Crippen LogP contribution is -2.04. The van der Waals surface area contributed by atoms with Crippen molar-refractivity contribution in [1.82, 2.24) is 14.1 Å². The number of aryl methyl sites for hydroxylation is 10. The first-order valence-corrected chi connectivity index (χ1v) is 25.7. The van der Waals surface area contributed by atoms with E-state index in [1.54, 1.807) is 0 Å². The summed E-state index contributed by atoms with van der Waals surface area (Å²) < 4.78 is 4.79. The molecule has 0 saturated carbocycles. The third kappa shape index (κ3) is 8.16. The molecule has 358 valence electrons. The number of nitriles is 1. The molecule has 0 fully saturated rings. The van der Waals surface area contributed by atoms with E-state index in [1.165, 1.54) is 66.8 Å². The van der Waals surface area contributed by atoms with Crippen LogP contribution in [-0.4, -0.2) is 14.1 Å². The van der Waals surface area contributed by atoms with E-state index in [-0.39, 0.29) is 0 Å². The van der Waals surface area contributed by atoms with Crippen molar-refractivity contribution < 1.29 is 0 Å². The van der Waals surface area contributed by atoms with E-state index >= 15 is 0 Å². The maximum Gasteiger partial charge on any atom is 0.101 e. The fourth-order valence-corrected chi connectivity index (χ4v) is 12.1. The summed E-state index contributed by atoms with van der Waals surface area (Å²) in [7, 11) is 0. The largest absolute Gasteiger partial charge is 0.309 e. The third-order valence-corrected chi connectivity index (χ3v) is 14.9. The number of aromatic nitrogens is 3. The Morgan fingerprint density at radius 1 is 0.297 bits per heavy atom. The van der Waals surface area contributed by atoms with Gasteiger partial charge in [0.15, 0.2) is 0 Å². The van der Waals surface area contributed by atoms with Crippen LogP contribution in [0.4, 0.5) is 0 Å². The van der Waals surface area contributed by atoms with Gasteiger partial charge in [-0.25, -0.2) is 0 Å². The molecule has 0 saturated heterocycles. The van der Waals surface area contributed by atoms with E-state index in [0.29, 0.717) is 5.56 Å². The van der Waals surface area contributed by atoms with Crippen molar-refractivity contribution in [1.29, 1.82) is 5.26 Å². The molecule has 0 N–H and O–H groups in total. The quantitative estimate of drug-likeness (QED) is 0.160. The molecule has 0 aliphatic carbocycles. The zero-order valence-corrected chi connectivity index (χ0v) is 44.0. The summed E-state index contributed by atoms with van der Waals surface area (Å²) in [5.74, 6) is 0. The Morgan fingerprint density at radius 2 is 0.595 bits per heavy atom. The van der Waals surface area contributed by atoms with Crippen LogP contribution in [0, 0.1) is 80.6 Å². The van der Waals surface area contributed by atoms with Crippen LogP contribution in [-0.2, 0) is 0 Å². The first kappa shape index (κ1) is 46.3. The second-order valence-electron chi connectivity index (χ2n) is 21.2.